The first-order valence-electron chi connectivity index (χ1n) is 8.71. The number of hydrogen-bond donors (Lipinski definition) is 1. The first-order valence-corrected chi connectivity index (χ1v) is 9.08. The second-order valence-corrected chi connectivity index (χ2v) is 6.15. The van der Waals surface area contributed by atoms with E-state index in [0.717, 1.165) is 5.56 Å². The van der Waals surface area contributed by atoms with Gasteiger partial charge in [-0.15, -0.1) is 0 Å². The van der Waals surface area contributed by atoms with Gasteiger partial charge in [-0.05, 0) is 49.8 Å². The van der Waals surface area contributed by atoms with Crippen LogP contribution in [0.4, 0.5) is 0 Å². The van der Waals surface area contributed by atoms with Gasteiger partial charge in [-0.1, -0.05) is 35.9 Å². The molecule has 0 bridgehead atoms. The highest BCUT2D eigenvalue weighted by Gasteiger charge is 2.20. The van der Waals surface area contributed by atoms with Crippen LogP contribution in [0.5, 0.6) is 5.75 Å². The monoisotopic (exact) mass is 386 g/mol. The summed E-state index contributed by atoms with van der Waals surface area (Å²) in [5.41, 5.74) is 1.27. The van der Waals surface area contributed by atoms with Crippen molar-refractivity contribution in [2.24, 2.45) is 0 Å². The van der Waals surface area contributed by atoms with E-state index >= 15 is 0 Å². The number of amides is 2. The van der Waals surface area contributed by atoms with Gasteiger partial charge in [-0.3, -0.25) is 9.59 Å². The largest absolute Gasteiger partial charge is 0.497 e. The van der Waals surface area contributed by atoms with Gasteiger partial charge in [-0.25, -0.2) is 0 Å². The molecule has 0 aromatic heterocycles. The molecule has 0 unspecified atom stereocenters. The summed E-state index contributed by atoms with van der Waals surface area (Å²) >= 11 is 6.10. The number of nitrogens with zero attached hydrogens (tertiary/aromatic N) is 1. The van der Waals surface area contributed by atoms with E-state index in [4.69, 9.17) is 16.3 Å². The maximum Gasteiger partial charge on any atom is 0.270 e. The number of carbonyl (C=O) groups excluding carboxylic acids is 2. The van der Waals surface area contributed by atoms with Crippen LogP contribution in [0, 0.1) is 0 Å². The zero-order valence-electron chi connectivity index (χ0n) is 15.7. The summed E-state index contributed by atoms with van der Waals surface area (Å²) in [5, 5.41) is 3.04. The van der Waals surface area contributed by atoms with Gasteiger partial charge in [0.15, 0.2) is 0 Å². The van der Waals surface area contributed by atoms with Gasteiger partial charge in [0.25, 0.3) is 11.8 Å². The zero-order valence-corrected chi connectivity index (χ0v) is 16.4. The molecule has 142 valence electrons. The lowest BCUT2D eigenvalue weighted by Gasteiger charge is -2.21. The summed E-state index contributed by atoms with van der Waals surface area (Å²) in [6.07, 6.45) is 1.65. The molecule has 2 aromatic carbocycles. The second-order valence-electron chi connectivity index (χ2n) is 5.74. The summed E-state index contributed by atoms with van der Waals surface area (Å²) in [7, 11) is 1.59. The van der Waals surface area contributed by atoms with Crippen LogP contribution in [0.3, 0.4) is 0 Å². The first kappa shape index (κ1) is 20.5. The predicted molar refractivity (Wildman–Crippen MR) is 108 cm³/mol. The highest BCUT2D eigenvalue weighted by atomic mass is 35.5. The van der Waals surface area contributed by atoms with Crippen molar-refractivity contribution < 1.29 is 14.3 Å². The molecule has 0 atom stereocenters. The minimum atomic E-state index is -0.430. The fourth-order valence-electron chi connectivity index (χ4n) is 2.53. The Morgan fingerprint density at radius 2 is 1.70 bits per heavy atom. The lowest BCUT2D eigenvalue weighted by Crippen LogP contribution is -2.38. The predicted octanol–water partition coefficient (Wildman–Crippen LogP) is 3.99. The van der Waals surface area contributed by atoms with Gasteiger partial charge in [0.2, 0.25) is 0 Å². The van der Waals surface area contributed by atoms with E-state index in [1.54, 1.807) is 54.5 Å². The number of carbonyl (C=O) groups is 2. The number of likely N-dealkylation sites (N-methyl/N-ethyl adjacent to an activating group) is 1. The number of halogens is 1. The van der Waals surface area contributed by atoms with Crippen molar-refractivity contribution in [1.29, 1.82) is 0 Å². The normalized spacial score (nSPS) is 11.0. The Bertz CT molecular complexity index is 828. The summed E-state index contributed by atoms with van der Waals surface area (Å²) in [6, 6.07) is 13.9. The molecule has 0 aliphatic heterocycles. The van der Waals surface area contributed by atoms with Crippen LogP contribution in [0.25, 0.3) is 6.08 Å². The summed E-state index contributed by atoms with van der Waals surface area (Å²) in [6.45, 7) is 4.86. The van der Waals surface area contributed by atoms with E-state index in [2.05, 4.69) is 5.32 Å². The maximum absolute atomic E-state index is 12.9. The molecule has 1 N–H and O–H groups in total. The third-order valence-corrected chi connectivity index (χ3v) is 4.40. The second kappa shape index (κ2) is 9.78. The van der Waals surface area contributed by atoms with Crippen LogP contribution in [-0.4, -0.2) is 36.9 Å². The van der Waals surface area contributed by atoms with Gasteiger partial charge in [0.05, 0.1) is 17.7 Å². The Kier molecular flexibility index (Phi) is 7.44. The quantitative estimate of drug-likeness (QED) is 0.732. The number of rotatable bonds is 7. The van der Waals surface area contributed by atoms with Crippen molar-refractivity contribution in [2.45, 2.75) is 13.8 Å². The molecular weight excluding hydrogens is 364 g/mol. The fraction of sp³-hybridized carbons (Fsp3) is 0.238. The maximum atomic E-state index is 12.9. The molecule has 0 heterocycles. The molecule has 0 radical (unpaired) electrons. The highest BCUT2D eigenvalue weighted by Crippen LogP contribution is 2.17. The molecule has 0 spiro atoms. The molecule has 0 aliphatic rings. The summed E-state index contributed by atoms with van der Waals surface area (Å²) in [5.74, 6) is 0.0287. The number of benzene rings is 2. The van der Waals surface area contributed by atoms with E-state index in [1.807, 2.05) is 26.0 Å². The van der Waals surface area contributed by atoms with Crippen molar-refractivity contribution in [2.75, 3.05) is 20.2 Å². The standard InChI is InChI=1S/C21H23ClN2O3/c1-4-24(5-2)21(26)19(14-15-10-12-16(27-3)13-11-15)23-20(25)17-8-6-7-9-18(17)22/h6-14H,4-5H2,1-3H3,(H,23,25)/b19-14-. The zero-order chi connectivity index (χ0) is 19.8. The van der Waals surface area contributed by atoms with Crippen LogP contribution in [0.1, 0.15) is 29.8 Å². The van der Waals surface area contributed by atoms with Crippen molar-refractivity contribution in [3.05, 3.63) is 70.4 Å². The molecule has 0 saturated heterocycles. The topological polar surface area (TPSA) is 58.6 Å². The van der Waals surface area contributed by atoms with E-state index in [9.17, 15) is 9.59 Å². The van der Waals surface area contributed by atoms with Gasteiger partial charge in [-0.2, -0.15) is 0 Å². The Balaban J connectivity index is 2.36. The van der Waals surface area contributed by atoms with E-state index in [1.165, 1.54) is 0 Å². The lowest BCUT2D eigenvalue weighted by atomic mass is 10.1. The summed E-state index contributed by atoms with van der Waals surface area (Å²) in [4.78, 5) is 27.2. The number of nitrogens with one attached hydrogen (secondary N) is 1. The third-order valence-electron chi connectivity index (χ3n) is 4.07. The molecule has 2 amide bonds. The smallest absolute Gasteiger partial charge is 0.270 e. The number of ether oxygens (including phenoxy) is 1. The first-order chi connectivity index (χ1) is 13.0. The van der Waals surface area contributed by atoms with Gasteiger partial charge >= 0.3 is 0 Å². The molecular formula is C21H23ClN2O3. The molecule has 5 nitrogen and oxygen atoms in total. The highest BCUT2D eigenvalue weighted by molar-refractivity contribution is 6.34. The van der Waals surface area contributed by atoms with Crippen LogP contribution >= 0.6 is 11.6 Å². The van der Waals surface area contributed by atoms with Crippen molar-refractivity contribution in [1.82, 2.24) is 10.2 Å². The van der Waals surface area contributed by atoms with E-state index in [-0.39, 0.29) is 11.6 Å². The Morgan fingerprint density at radius 3 is 2.26 bits per heavy atom. The fourth-order valence-corrected chi connectivity index (χ4v) is 2.76. The Labute approximate surface area is 164 Å². The SMILES string of the molecule is CCN(CC)C(=O)/C(=C/c1ccc(OC)cc1)NC(=O)c1ccccc1Cl. The molecule has 0 aliphatic carbocycles. The minimum absolute atomic E-state index is 0.189. The Morgan fingerprint density at radius 1 is 1.07 bits per heavy atom. The van der Waals surface area contributed by atoms with E-state index < -0.39 is 5.91 Å². The summed E-state index contributed by atoms with van der Waals surface area (Å²) < 4.78 is 5.15. The average molecular weight is 387 g/mol. The number of hydrogen-bond acceptors (Lipinski definition) is 3. The Hall–Kier alpha value is -2.79. The van der Waals surface area contributed by atoms with E-state index in [0.29, 0.717) is 29.4 Å². The van der Waals surface area contributed by atoms with Gasteiger partial charge in [0, 0.05) is 13.1 Å². The van der Waals surface area contributed by atoms with Crippen molar-refractivity contribution >= 4 is 29.5 Å². The van der Waals surface area contributed by atoms with Gasteiger partial charge < -0.3 is 15.0 Å². The van der Waals surface area contributed by atoms with Crippen molar-refractivity contribution in [3.8, 4) is 5.75 Å². The minimum Gasteiger partial charge on any atom is -0.497 e. The number of methoxy groups -OCH3 is 1. The molecule has 6 heteroatoms. The van der Waals surface area contributed by atoms with Crippen LogP contribution in [0.15, 0.2) is 54.2 Å². The van der Waals surface area contributed by atoms with Crippen LogP contribution < -0.4 is 10.1 Å². The average Bonchev–Trinajstić information content (AvgIpc) is 2.69. The van der Waals surface area contributed by atoms with Crippen molar-refractivity contribution in [3.63, 3.8) is 0 Å². The van der Waals surface area contributed by atoms with Crippen LogP contribution in [-0.2, 0) is 4.79 Å². The van der Waals surface area contributed by atoms with Crippen LogP contribution in [0.2, 0.25) is 5.02 Å². The van der Waals surface area contributed by atoms with Gasteiger partial charge in [0.1, 0.15) is 11.4 Å². The molecule has 0 saturated carbocycles. The molecule has 2 aromatic rings. The molecule has 2 rings (SSSR count). The molecule has 0 fully saturated rings. The lowest BCUT2D eigenvalue weighted by molar-refractivity contribution is -0.127. The third kappa shape index (κ3) is 5.34. The molecule has 27 heavy (non-hydrogen) atoms.